The summed E-state index contributed by atoms with van der Waals surface area (Å²) in [7, 11) is 1.67. The van der Waals surface area contributed by atoms with Crippen LogP contribution in [0.5, 0.6) is 5.75 Å². The zero-order chi connectivity index (χ0) is 21.1. The molecule has 2 aromatic carbocycles. The third-order valence-corrected chi connectivity index (χ3v) is 5.72. The molecule has 1 N–H and O–H groups in total. The van der Waals surface area contributed by atoms with Crippen molar-refractivity contribution < 1.29 is 24.2 Å². The maximum atomic E-state index is 12.6. The fraction of sp³-hybridized carbons (Fsp3) is 0.227. The van der Waals surface area contributed by atoms with E-state index in [9.17, 15) is 9.59 Å². The van der Waals surface area contributed by atoms with Crippen LogP contribution in [0.3, 0.4) is 0 Å². The molecule has 0 unspecified atom stereocenters. The number of ether oxygens (including phenoxy) is 2. The van der Waals surface area contributed by atoms with Gasteiger partial charge < -0.3 is 19.5 Å². The maximum absolute atomic E-state index is 12.6. The van der Waals surface area contributed by atoms with Crippen molar-refractivity contribution in [2.45, 2.75) is 13.0 Å². The van der Waals surface area contributed by atoms with E-state index in [-0.39, 0.29) is 18.1 Å². The van der Waals surface area contributed by atoms with E-state index in [1.807, 2.05) is 23.6 Å². The second kappa shape index (κ2) is 8.64. The number of carbonyl (C=O) groups excluding carboxylic acids is 1. The first-order chi connectivity index (χ1) is 14.5. The molecular weight excluding hydrogens is 404 g/mol. The Morgan fingerprint density at radius 1 is 1.27 bits per heavy atom. The smallest absolute Gasteiger partial charge is 0.335 e. The van der Waals surface area contributed by atoms with E-state index in [0.717, 1.165) is 28.2 Å². The molecule has 4 rings (SSSR count). The summed E-state index contributed by atoms with van der Waals surface area (Å²) in [6.45, 7) is 0.917. The Bertz CT molecular complexity index is 1080. The maximum Gasteiger partial charge on any atom is 0.335 e. The second-order valence-electron chi connectivity index (χ2n) is 6.82. The Labute approximate surface area is 177 Å². The Morgan fingerprint density at radius 2 is 2.07 bits per heavy atom. The van der Waals surface area contributed by atoms with Crippen molar-refractivity contribution >= 4 is 28.9 Å². The van der Waals surface area contributed by atoms with E-state index in [1.165, 1.54) is 12.1 Å². The van der Waals surface area contributed by atoms with Crippen LogP contribution in [0, 0.1) is 0 Å². The largest absolute Gasteiger partial charge is 0.482 e. The summed E-state index contributed by atoms with van der Waals surface area (Å²) in [6, 6.07) is 12.2. The average molecular weight is 424 g/mol. The SMILES string of the molecule is COCCc1nc(-c2ccc3c(c2)N(Cc2ccc(C(=O)O)cc2)C(=O)CO3)cs1. The lowest BCUT2D eigenvalue weighted by Crippen LogP contribution is -2.38. The Hall–Kier alpha value is -3.23. The standard InChI is InChI=1S/C22H20N2O5S/c1-28-9-8-20-23-17(13-30-20)16-6-7-19-18(10-16)24(21(25)12-29-19)11-14-2-4-15(5-3-14)22(26)27/h2-7,10,13H,8-9,11-12H2,1H3,(H,26,27). The molecule has 0 saturated carbocycles. The number of thiazole rings is 1. The number of carbonyl (C=O) groups is 2. The quantitative estimate of drug-likeness (QED) is 0.623. The molecule has 3 aromatic rings. The van der Waals surface area contributed by atoms with Crippen LogP contribution in [-0.2, 0) is 22.5 Å². The lowest BCUT2D eigenvalue weighted by molar-refractivity contribution is -0.121. The Balaban J connectivity index is 1.61. The first-order valence-electron chi connectivity index (χ1n) is 9.38. The summed E-state index contributed by atoms with van der Waals surface area (Å²) in [5.74, 6) is -0.497. The molecule has 0 spiro atoms. The number of rotatable bonds is 7. The molecule has 1 aromatic heterocycles. The summed E-state index contributed by atoms with van der Waals surface area (Å²) in [4.78, 5) is 30.0. The van der Waals surface area contributed by atoms with E-state index in [1.54, 1.807) is 35.5 Å². The van der Waals surface area contributed by atoms with Gasteiger partial charge in [0.2, 0.25) is 0 Å². The molecule has 0 bridgehead atoms. The number of nitrogens with zero attached hydrogens (tertiary/aromatic N) is 2. The molecular formula is C22H20N2O5S. The van der Waals surface area contributed by atoms with Crippen molar-refractivity contribution in [3.05, 3.63) is 64.0 Å². The average Bonchev–Trinajstić information content (AvgIpc) is 3.23. The summed E-state index contributed by atoms with van der Waals surface area (Å²) in [5, 5.41) is 12.1. The number of amides is 1. The summed E-state index contributed by atoms with van der Waals surface area (Å²) < 4.78 is 10.7. The fourth-order valence-electron chi connectivity index (χ4n) is 3.22. The Morgan fingerprint density at radius 3 is 2.80 bits per heavy atom. The van der Waals surface area contributed by atoms with Crippen LogP contribution in [0.15, 0.2) is 47.8 Å². The number of aromatic carboxylic acids is 1. The predicted molar refractivity (Wildman–Crippen MR) is 113 cm³/mol. The van der Waals surface area contributed by atoms with Gasteiger partial charge >= 0.3 is 5.97 Å². The van der Waals surface area contributed by atoms with E-state index in [4.69, 9.17) is 14.6 Å². The second-order valence-corrected chi connectivity index (χ2v) is 7.77. The van der Waals surface area contributed by atoms with Crippen LogP contribution >= 0.6 is 11.3 Å². The summed E-state index contributed by atoms with van der Waals surface area (Å²) in [5.41, 5.74) is 3.47. The van der Waals surface area contributed by atoms with Crippen molar-refractivity contribution in [1.29, 1.82) is 0 Å². The minimum absolute atomic E-state index is 0.0303. The highest BCUT2D eigenvalue weighted by molar-refractivity contribution is 7.09. The highest BCUT2D eigenvalue weighted by Crippen LogP contribution is 2.37. The highest BCUT2D eigenvalue weighted by Gasteiger charge is 2.26. The third-order valence-electron chi connectivity index (χ3n) is 4.81. The van der Waals surface area contributed by atoms with Crippen molar-refractivity contribution in [2.24, 2.45) is 0 Å². The molecule has 1 aliphatic heterocycles. The van der Waals surface area contributed by atoms with Gasteiger partial charge in [-0.15, -0.1) is 11.3 Å². The molecule has 1 amide bonds. The molecule has 7 nitrogen and oxygen atoms in total. The van der Waals surface area contributed by atoms with Crippen LogP contribution in [0.25, 0.3) is 11.3 Å². The number of hydrogen-bond acceptors (Lipinski definition) is 6. The molecule has 30 heavy (non-hydrogen) atoms. The molecule has 8 heteroatoms. The summed E-state index contributed by atoms with van der Waals surface area (Å²) >= 11 is 1.58. The number of methoxy groups -OCH3 is 1. The Kier molecular flexibility index (Phi) is 5.78. The molecule has 0 saturated heterocycles. The van der Waals surface area contributed by atoms with Gasteiger partial charge in [0.1, 0.15) is 5.75 Å². The fourth-order valence-corrected chi connectivity index (χ4v) is 4.01. The molecule has 0 atom stereocenters. The number of carboxylic acid groups (broad SMARTS) is 1. The summed E-state index contributed by atoms with van der Waals surface area (Å²) in [6.07, 6.45) is 0.756. The minimum atomic E-state index is -0.980. The van der Waals surface area contributed by atoms with E-state index in [0.29, 0.717) is 24.6 Å². The normalized spacial score (nSPS) is 13.1. The van der Waals surface area contributed by atoms with Gasteiger partial charge in [-0.25, -0.2) is 9.78 Å². The van der Waals surface area contributed by atoms with Crippen molar-refractivity contribution in [1.82, 2.24) is 4.98 Å². The van der Waals surface area contributed by atoms with Gasteiger partial charge in [0.05, 0.1) is 35.1 Å². The van der Waals surface area contributed by atoms with Crippen molar-refractivity contribution in [3.8, 4) is 17.0 Å². The molecule has 0 radical (unpaired) electrons. The van der Waals surface area contributed by atoms with Crippen LogP contribution < -0.4 is 9.64 Å². The van der Waals surface area contributed by atoms with Gasteiger partial charge in [-0.05, 0) is 35.9 Å². The van der Waals surface area contributed by atoms with Crippen molar-refractivity contribution in [3.63, 3.8) is 0 Å². The minimum Gasteiger partial charge on any atom is -0.482 e. The number of carboxylic acids is 1. The number of fused-ring (bicyclic) bond motifs is 1. The van der Waals surface area contributed by atoms with Gasteiger partial charge in [0.15, 0.2) is 6.61 Å². The lowest BCUT2D eigenvalue weighted by atomic mass is 10.1. The first-order valence-corrected chi connectivity index (χ1v) is 10.3. The van der Waals surface area contributed by atoms with Gasteiger partial charge in [0.25, 0.3) is 5.91 Å². The van der Waals surface area contributed by atoms with Crippen LogP contribution in [0.1, 0.15) is 20.9 Å². The monoisotopic (exact) mass is 424 g/mol. The van der Waals surface area contributed by atoms with E-state index >= 15 is 0 Å². The zero-order valence-corrected chi connectivity index (χ0v) is 17.1. The molecule has 2 heterocycles. The molecule has 0 aliphatic carbocycles. The highest BCUT2D eigenvalue weighted by atomic mass is 32.1. The predicted octanol–water partition coefficient (Wildman–Crippen LogP) is 3.62. The van der Waals surface area contributed by atoms with Crippen molar-refractivity contribution in [2.75, 3.05) is 25.2 Å². The van der Waals surface area contributed by atoms with Gasteiger partial charge in [-0.2, -0.15) is 0 Å². The van der Waals surface area contributed by atoms with Gasteiger partial charge in [-0.1, -0.05) is 12.1 Å². The zero-order valence-electron chi connectivity index (χ0n) is 16.3. The number of anilines is 1. The number of aromatic nitrogens is 1. The molecule has 154 valence electrons. The van der Waals surface area contributed by atoms with E-state index < -0.39 is 5.97 Å². The van der Waals surface area contributed by atoms with E-state index in [2.05, 4.69) is 4.98 Å². The number of hydrogen-bond donors (Lipinski definition) is 1. The van der Waals surface area contributed by atoms with Crippen LogP contribution in [-0.4, -0.2) is 42.3 Å². The van der Waals surface area contributed by atoms with Crippen LogP contribution in [0.4, 0.5) is 5.69 Å². The number of benzene rings is 2. The van der Waals surface area contributed by atoms with Gasteiger partial charge in [-0.3, -0.25) is 4.79 Å². The van der Waals surface area contributed by atoms with Crippen LogP contribution in [0.2, 0.25) is 0 Å². The molecule has 1 aliphatic rings. The third kappa shape index (κ3) is 4.19. The van der Waals surface area contributed by atoms with Gasteiger partial charge in [0, 0.05) is 24.5 Å². The lowest BCUT2D eigenvalue weighted by Gasteiger charge is -2.30. The molecule has 0 fully saturated rings. The topological polar surface area (TPSA) is 89.0 Å². The first kappa shape index (κ1) is 20.1.